The number of ether oxygens (including phenoxy) is 1. The molecule has 0 saturated heterocycles. The number of rotatable bonds is 1. The molecule has 1 aromatic heterocycles. The lowest BCUT2D eigenvalue weighted by Crippen LogP contribution is -2.04. The Kier molecular flexibility index (Phi) is 2.22. The first-order valence-electron chi connectivity index (χ1n) is 2.58. The predicted octanol–water partition coefficient (Wildman–Crippen LogP) is 1.19. The minimum Gasteiger partial charge on any atom is -0.449 e. The summed E-state index contributed by atoms with van der Waals surface area (Å²) in [5, 5.41) is 15.0. The van der Waals surface area contributed by atoms with Gasteiger partial charge in [0.05, 0.1) is 0 Å². The highest BCUT2D eigenvalue weighted by Crippen LogP contribution is 2.07. The second-order valence-electron chi connectivity index (χ2n) is 1.56. The van der Waals surface area contributed by atoms with Gasteiger partial charge in [0, 0.05) is 6.07 Å². The van der Waals surface area contributed by atoms with Gasteiger partial charge in [0.25, 0.3) is 0 Å². The van der Waals surface area contributed by atoms with Gasteiger partial charge in [0.2, 0.25) is 5.88 Å². The van der Waals surface area contributed by atoms with Crippen LogP contribution in [-0.4, -0.2) is 21.5 Å². The highest BCUT2D eigenvalue weighted by Gasteiger charge is 2.01. The van der Waals surface area contributed by atoms with Crippen LogP contribution in [0.2, 0.25) is 5.15 Å². The molecule has 0 amide bonds. The normalized spacial score (nSPS) is 9.18. The first kappa shape index (κ1) is 7.74. The van der Waals surface area contributed by atoms with E-state index in [1.165, 1.54) is 12.1 Å². The second kappa shape index (κ2) is 3.16. The zero-order valence-electron chi connectivity index (χ0n) is 5.19. The number of halogens is 1. The predicted molar refractivity (Wildman–Crippen MR) is 35.7 cm³/mol. The van der Waals surface area contributed by atoms with E-state index in [4.69, 9.17) is 16.7 Å². The van der Waals surface area contributed by atoms with Gasteiger partial charge in [-0.15, -0.1) is 10.2 Å². The topological polar surface area (TPSA) is 72.3 Å². The minimum absolute atomic E-state index is 0.0955. The Hall–Kier alpha value is -1.36. The fourth-order valence-corrected chi connectivity index (χ4v) is 0.548. The van der Waals surface area contributed by atoms with Crippen molar-refractivity contribution in [1.82, 2.24) is 10.2 Å². The molecular formula is C5H3ClN2O3. The summed E-state index contributed by atoms with van der Waals surface area (Å²) >= 11 is 5.37. The van der Waals surface area contributed by atoms with Gasteiger partial charge in [0.15, 0.2) is 5.15 Å². The van der Waals surface area contributed by atoms with Crippen LogP contribution in [0.15, 0.2) is 12.1 Å². The van der Waals surface area contributed by atoms with E-state index in [1.54, 1.807) is 0 Å². The fraction of sp³-hybridized carbons (Fsp3) is 0. The van der Waals surface area contributed by atoms with Gasteiger partial charge in [-0.3, -0.25) is 0 Å². The third kappa shape index (κ3) is 2.38. The third-order valence-corrected chi connectivity index (χ3v) is 1.00. The Labute approximate surface area is 66.6 Å². The first-order valence-corrected chi connectivity index (χ1v) is 2.96. The SMILES string of the molecule is O=C(O)Oc1ccc(Cl)nn1. The van der Waals surface area contributed by atoms with Crippen molar-refractivity contribution < 1.29 is 14.6 Å². The number of aromatic nitrogens is 2. The van der Waals surface area contributed by atoms with Crippen molar-refractivity contribution in [3.8, 4) is 5.88 Å². The van der Waals surface area contributed by atoms with Crippen molar-refractivity contribution in [3.63, 3.8) is 0 Å². The molecule has 11 heavy (non-hydrogen) atoms. The Morgan fingerprint density at radius 2 is 2.27 bits per heavy atom. The molecule has 0 fully saturated rings. The van der Waals surface area contributed by atoms with E-state index in [2.05, 4.69) is 14.9 Å². The first-order chi connectivity index (χ1) is 5.18. The molecule has 58 valence electrons. The molecule has 0 aliphatic rings. The summed E-state index contributed by atoms with van der Waals surface area (Å²) in [5.41, 5.74) is 0. The van der Waals surface area contributed by atoms with E-state index >= 15 is 0 Å². The molecule has 1 rings (SSSR count). The maximum atomic E-state index is 9.93. The van der Waals surface area contributed by atoms with Crippen LogP contribution >= 0.6 is 11.6 Å². The van der Waals surface area contributed by atoms with Crippen molar-refractivity contribution in [2.24, 2.45) is 0 Å². The lowest BCUT2D eigenvalue weighted by Gasteiger charge is -1.94. The van der Waals surface area contributed by atoms with Crippen LogP contribution in [-0.2, 0) is 0 Å². The summed E-state index contributed by atoms with van der Waals surface area (Å²) in [5.74, 6) is -0.0955. The van der Waals surface area contributed by atoms with Gasteiger partial charge in [-0.05, 0) is 6.07 Å². The molecule has 0 saturated carbocycles. The van der Waals surface area contributed by atoms with Crippen LogP contribution in [0, 0.1) is 0 Å². The van der Waals surface area contributed by atoms with Crippen LogP contribution in [0.4, 0.5) is 4.79 Å². The van der Waals surface area contributed by atoms with Crippen LogP contribution in [0.25, 0.3) is 0 Å². The van der Waals surface area contributed by atoms with Gasteiger partial charge >= 0.3 is 6.16 Å². The summed E-state index contributed by atoms with van der Waals surface area (Å²) in [6.07, 6.45) is -1.43. The molecule has 0 unspecified atom stereocenters. The molecule has 0 aromatic carbocycles. The summed E-state index contributed by atoms with van der Waals surface area (Å²) in [4.78, 5) is 9.93. The zero-order chi connectivity index (χ0) is 8.27. The number of carbonyl (C=O) groups is 1. The molecule has 0 spiro atoms. The quantitative estimate of drug-likeness (QED) is 0.648. The molecule has 0 radical (unpaired) electrons. The summed E-state index contributed by atoms with van der Waals surface area (Å²) in [6, 6.07) is 2.69. The largest absolute Gasteiger partial charge is 0.512 e. The van der Waals surface area contributed by atoms with Crippen molar-refractivity contribution >= 4 is 17.8 Å². The van der Waals surface area contributed by atoms with Gasteiger partial charge in [0.1, 0.15) is 0 Å². The van der Waals surface area contributed by atoms with Gasteiger partial charge in [-0.2, -0.15) is 0 Å². The van der Waals surface area contributed by atoms with Crippen LogP contribution in [0.3, 0.4) is 0 Å². The third-order valence-electron chi connectivity index (χ3n) is 0.799. The van der Waals surface area contributed by atoms with E-state index in [0.29, 0.717) is 0 Å². The maximum Gasteiger partial charge on any atom is 0.512 e. The van der Waals surface area contributed by atoms with Crippen molar-refractivity contribution in [2.75, 3.05) is 0 Å². The molecule has 0 aliphatic heterocycles. The highest BCUT2D eigenvalue weighted by molar-refractivity contribution is 6.29. The van der Waals surface area contributed by atoms with E-state index < -0.39 is 6.16 Å². The molecular weight excluding hydrogens is 172 g/mol. The maximum absolute atomic E-state index is 9.93. The van der Waals surface area contributed by atoms with E-state index in [0.717, 1.165) is 0 Å². The monoisotopic (exact) mass is 174 g/mol. The zero-order valence-corrected chi connectivity index (χ0v) is 5.95. The van der Waals surface area contributed by atoms with Crippen LogP contribution in [0.5, 0.6) is 5.88 Å². The molecule has 0 bridgehead atoms. The Bertz CT molecular complexity index is 261. The highest BCUT2D eigenvalue weighted by atomic mass is 35.5. The smallest absolute Gasteiger partial charge is 0.449 e. The van der Waals surface area contributed by atoms with Gasteiger partial charge in [-0.25, -0.2) is 4.79 Å². The summed E-state index contributed by atoms with van der Waals surface area (Å²) in [7, 11) is 0. The Morgan fingerprint density at radius 3 is 2.73 bits per heavy atom. The fourth-order valence-electron chi connectivity index (χ4n) is 0.448. The lowest BCUT2D eigenvalue weighted by atomic mass is 10.6. The lowest BCUT2D eigenvalue weighted by molar-refractivity contribution is 0.142. The van der Waals surface area contributed by atoms with Gasteiger partial charge in [-0.1, -0.05) is 11.6 Å². The summed E-state index contributed by atoms with van der Waals surface area (Å²) in [6.45, 7) is 0. The number of hydrogen-bond acceptors (Lipinski definition) is 4. The Morgan fingerprint density at radius 1 is 1.55 bits per heavy atom. The summed E-state index contributed by atoms with van der Waals surface area (Å²) < 4.78 is 4.15. The van der Waals surface area contributed by atoms with Gasteiger partial charge < -0.3 is 9.84 Å². The van der Waals surface area contributed by atoms with Crippen LogP contribution in [0.1, 0.15) is 0 Å². The number of carboxylic acid groups (broad SMARTS) is 1. The molecule has 5 nitrogen and oxygen atoms in total. The molecule has 0 atom stereocenters. The average Bonchev–Trinajstić information content (AvgIpc) is 1.93. The van der Waals surface area contributed by atoms with Crippen LogP contribution < -0.4 is 4.74 Å². The number of nitrogens with zero attached hydrogens (tertiary/aromatic N) is 2. The van der Waals surface area contributed by atoms with Crippen molar-refractivity contribution in [1.29, 1.82) is 0 Å². The Balaban J connectivity index is 2.74. The van der Waals surface area contributed by atoms with E-state index in [9.17, 15) is 4.79 Å². The minimum atomic E-state index is -1.43. The molecule has 1 heterocycles. The molecule has 6 heteroatoms. The molecule has 1 N–H and O–H groups in total. The number of hydrogen-bond donors (Lipinski definition) is 1. The second-order valence-corrected chi connectivity index (χ2v) is 1.95. The van der Waals surface area contributed by atoms with Crippen molar-refractivity contribution in [2.45, 2.75) is 0 Å². The van der Waals surface area contributed by atoms with E-state index in [1.807, 2.05) is 0 Å². The van der Waals surface area contributed by atoms with Crippen molar-refractivity contribution in [3.05, 3.63) is 17.3 Å². The van der Waals surface area contributed by atoms with E-state index in [-0.39, 0.29) is 11.0 Å². The standard InChI is InChI=1S/C5H3ClN2O3/c6-3-1-2-4(8-7-3)11-5(9)10/h1-2H,(H,9,10). The average molecular weight is 175 g/mol. The molecule has 1 aromatic rings. The molecule has 0 aliphatic carbocycles.